The van der Waals surface area contributed by atoms with Crippen molar-refractivity contribution in [3.8, 4) is 5.75 Å². The molecular formula is C26H25NO3. The van der Waals surface area contributed by atoms with E-state index in [2.05, 4.69) is 12.2 Å². The quantitative estimate of drug-likeness (QED) is 0.262. The molecule has 0 saturated heterocycles. The normalized spacial score (nSPS) is 10.7. The van der Waals surface area contributed by atoms with Crippen molar-refractivity contribution in [2.75, 3.05) is 11.9 Å². The monoisotopic (exact) mass is 399 g/mol. The van der Waals surface area contributed by atoms with Gasteiger partial charge in [0.2, 0.25) is 0 Å². The molecule has 3 aromatic carbocycles. The molecule has 0 atom stereocenters. The Morgan fingerprint density at radius 2 is 1.57 bits per heavy atom. The Kier molecular flexibility index (Phi) is 7.56. The van der Waals surface area contributed by atoms with Crippen LogP contribution in [0.5, 0.6) is 5.75 Å². The lowest BCUT2D eigenvalue weighted by Crippen LogP contribution is -2.05. The average molecular weight is 399 g/mol. The van der Waals surface area contributed by atoms with Crippen LogP contribution in [0.2, 0.25) is 0 Å². The lowest BCUT2D eigenvalue weighted by molar-refractivity contribution is 0.103. The SMILES string of the molecule is CCCCOc1ccc(C(=O)/C=C/Nc2ccccc2C(=O)c2ccccc2)cc1. The number of carbonyl (C=O) groups is 2. The maximum Gasteiger partial charge on any atom is 0.195 e. The van der Waals surface area contributed by atoms with Crippen molar-refractivity contribution in [2.45, 2.75) is 19.8 Å². The number of rotatable bonds is 10. The van der Waals surface area contributed by atoms with Gasteiger partial charge in [-0.25, -0.2) is 0 Å². The molecule has 0 unspecified atom stereocenters. The third kappa shape index (κ3) is 5.67. The number of allylic oxidation sites excluding steroid dienone is 1. The van der Waals surface area contributed by atoms with E-state index in [1.165, 1.54) is 6.08 Å². The zero-order valence-corrected chi connectivity index (χ0v) is 17.0. The Labute approximate surface area is 177 Å². The third-order valence-corrected chi connectivity index (χ3v) is 4.59. The summed E-state index contributed by atoms with van der Waals surface area (Å²) in [7, 11) is 0. The second-order valence-corrected chi connectivity index (χ2v) is 6.81. The summed E-state index contributed by atoms with van der Waals surface area (Å²) < 4.78 is 5.62. The molecule has 0 fully saturated rings. The lowest BCUT2D eigenvalue weighted by Gasteiger charge is -2.08. The second kappa shape index (κ2) is 10.8. The first kappa shape index (κ1) is 21.1. The molecule has 0 amide bonds. The van der Waals surface area contributed by atoms with Gasteiger partial charge in [-0.3, -0.25) is 9.59 Å². The van der Waals surface area contributed by atoms with Crippen LogP contribution in [0.15, 0.2) is 91.1 Å². The number of para-hydroxylation sites is 1. The number of ketones is 2. The molecule has 0 aromatic heterocycles. The molecule has 0 aliphatic heterocycles. The van der Waals surface area contributed by atoms with Gasteiger partial charge in [-0.1, -0.05) is 55.8 Å². The first-order chi connectivity index (χ1) is 14.7. The fraction of sp³-hybridized carbons (Fsp3) is 0.154. The van der Waals surface area contributed by atoms with Gasteiger partial charge in [-0.05, 0) is 42.8 Å². The van der Waals surface area contributed by atoms with Gasteiger partial charge in [0.15, 0.2) is 11.6 Å². The molecule has 3 aromatic rings. The molecule has 0 saturated carbocycles. The number of hydrogen-bond acceptors (Lipinski definition) is 4. The van der Waals surface area contributed by atoms with Crippen LogP contribution in [-0.2, 0) is 0 Å². The van der Waals surface area contributed by atoms with Gasteiger partial charge in [-0.2, -0.15) is 0 Å². The van der Waals surface area contributed by atoms with E-state index in [-0.39, 0.29) is 11.6 Å². The van der Waals surface area contributed by atoms with Crippen LogP contribution >= 0.6 is 0 Å². The lowest BCUT2D eigenvalue weighted by atomic mass is 10.0. The largest absolute Gasteiger partial charge is 0.494 e. The van der Waals surface area contributed by atoms with Crippen molar-refractivity contribution in [1.82, 2.24) is 0 Å². The molecule has 0 spiro atoms. The van der Waals surface area contributed by atoms with Gasteiger partial charge < -0.3 is 10.1 Å². The summed E-state index contributed by atoms with van der Waals surface area (Å²) in [6.45, 7) is 2.79. The molecule has 4 nitrogen and oxygen atoms in total. The molecule has 30 heavy (non-hydrogen) atoms. The molecule has 0 radical (unpaired) electrons. The first-order valence-corrected chi connectivity index (χ1v) is 10.1. The van der Waals surface area contributed by atoms with Crippen molar-refractivity contribution in [1.29, 1.82) is 0 Å². The van der Waals surface area contributed by atoms with Gasteiger partial charge in [0.1, 0.15) is 5.75 Å². The first-order valence-electron chi connectivity index (χ1n) is 10.1. The maximum atomic E-state index is 12.8. The van der Waals surface area contributed by atoms with Gasteiger partial charge in [-0.15, -0.1) is 0 Å². The highest BCUT2D eigenvalue weighted by atomic mass is 16.5. The number of ether oxygens (including phenoxy) is 1. The smallest absolute Gasteiger partial charge is 0.195 e. The van der Waals surface area contributed by atoms with Gasteiger partial charge in [0, 0.05) is 34.7 Å². The van der Waals surface area contributed by atoms with Crippen molar-refractivity contribution < 1.29 is 14.3 Å². The summed E-state index contributed by atoms with van der Waals surface area (Å²) in [6.07, 6.45) is 5.10. The van der Waals surface area contributed by atoms with E-state index < -0.39 is 0 Å². The molecule has 0 bridgehead atoms. The molecule has 4 heteroatoms. The van der Waals surface area contributed by atoms with Crippen LogP contribution in [-0.4, -0.2) is 18.2 Å². The summed E-state index contributed by atoms with van der Waals surface area (Å²) in [6, 6.07) is 23.5. The van der Waals surface area contributed by atoms with Gasteiger partial charge >= 0.3 is 0 Å². The Morgan fingerprint density at radius 3 is 2.30 bits per heavy atom. The van der Waals surface area contributed by atoms with Crippen LogP contribution in [0, 0.1) is 0 Å². The minimum Gasteiger partial charge on any atom is -0.494 e. The highest BCUT2D eigenvalue weighted by Crippen LogP contribution is 2.19. The summed E-state index contributed by atoms with van der Waals surface area (Å²) in [5, 5.41) is 3.06. The maximum absolute atomic E-state index is 12.8. The highest BCUT2D eigenvalue weighted by molar-refractivity contribution is 6.12. The summed E-state index contributed by atoms with van der Waals surface area (Å²) in [5.74, 6) is 0.557. The van der Waals surface area contributed by atoms with Crippen molar-refractivity contribution in [3.63, 3.8) is 0 Å². The number of nitrogens with one attached hydrogen (secondary N) is 1. The predicted octanol–water partition coefficient (Wildman–Crippen LogP) is 5.91. The molecule has 152 valence electrons. The van der Waals surface area contributed by atoms with Crippen LogP contribution in [0.25, 0.3) is 0 Å². The van der Waals surface area contributed by atoms with Crippen LogP contribution < -0.4 is 10.1 Å². The van der Waals surface area contributed by atoms with Crippen LogP contribution in [0.4, 0.5) is 5.69 Å². The molecule has 0 heterocycles. The predicted molar refractivity (Wildman–Crippen MR) is 120 cm³/mol. The Hall–Kier alpha value is -3.66. The fourth-order valence-electron chi connectivity index (χ4n) is 2.91. The summed E-state index contributed by atoms with van der Waals surface area (Å²) in [4.78, 5) is 25.2. The van der Waals surface area contributed by atoms with E-state index in [0.29, 0.717) is 29.0 Å². The number of carbonyl (C=O) groups excluding carboxylic acids is 2. The van der Waals surface area contributed by atoms with Crippen molar-refractivity contribution in [3.05, 3.63) is 108 Å². The summed E-state index contributed by atoms with van der Waals surface area (Å²) >= 11 is 0. The highest BCUT2D eigenvalue weighted by Gasteiger charge is 2.12. The van der Waals surface area contributed by atoms with Crippen molar-refractivity contribution in [2.24, 2.45) is 0 Å². The van der Waals surface area contributed by atoms with E-state index in [1.54, 1.807) is 48.7 Å². The second-order valence-electron chi connectivity index (χ2n) is 6.81. The third-order valence-electron chi connectivity index (χ3n) is 4.59. The topological polar surface area (TPSA) is 55.4 Å². The van der Waals surface area contributed by atoms with Gasteiger partial charge in [0.25, 0.3) is 0 Å². The number of unbranched alkanes of at least 4 members (excludes halogenated alkanes) is 1. The minimum absolute atomic E-state index is 0.0721. The fourth-order valence-corrected chi connectivity index (χ4v) is 2.91. The molecule has 0 aliphatic carbocycles. The zero-order valence-electron chi connectivity index (χ0n) is 17.0. The van der Waals surface area contributed by atoms with E-state index >= 15 is 0 Å². The number of hydrogen-bond donors (Lipinski definition) is 1. The van der Waals surface area contributed by atoms with Crippen LogP contribution in [0.3, 0.4) is 0 Å². The molecule has 3 rings (SSSR count). The van der Waals surface area contributed by atoms with Crippen LogP contribution in [0.1, 0.15) is 46.0 Å². The van der Waals surface area contributed by atoms with E-state index in [0.717, 1.165) is 18.6 Å². The standard InChI is InChI=1S/C26H25NO3/c1-2-3-19-30-22-15-13-20(14-16-22)25(28)17-18-27-24-12-8-7-11-23(24)26(29)21-9-5-4-6-10-21/h4-18,27H,2-3,19H2,1H3/b18-17+. The molecular weight excluding hydrogens is 374 g/mol. The number of benzene rings is 3. The van der Waals surface area contributed by atoms with Gasteiger partial charge in [0.05, 0.1) is 6.61 Å². The minimum atomic E-state index is -0.130. The average Bonchev–Trinajstić information content (AvgIpc) is 2.80. The van der Waals surface area contributed by atoms with E-state index in [1.807, 2.05) is 36.4 Å². The van der Waals surface area contributed by atoms with E-state index in [9.17, 15) is 9.59 Å². The Bertz CT molecular complexity index is 1010. The summed E-state index contributed by atoms with van der Waals surface area (Å²) in [5.41, 5.74) is 2.39. The zero-order chi connectivity index (χ0) is 21.2. The Morgan fingerprint density at radius 1 is 0.867 bits per heavy atom. The van der Waals surface area contributed by atoms with Crippen molar-refractivity contribution >= 4 is 17.3 Å². The molecule has 0 aliphatic rings. The number of anilines is 1. The molecule has 1 N–H and O–H groups in total. The Balaban J connectivity index is 1.64. The van der Waals surface area contributed by atoms with E-state index in [4.69, 9.17) is 4.74 Å².